The van der Waals surface area contributed by atoms with Gasteiger partial charge in [-0.3, -0.25) is 4.79 Å². The molecule has 1 saturated heterocycles. The van der Waals surface area contributed by atoms with E-state index in [1.165, 1.54) is 4.31 Å². The van der Waals surface area contributed by atoms with Gasteiger partial charge in [0, 0.05) is 19.6 Å². The van der Waals surface area contributed by atoms with Crippen molar-refractivity contribution >= 4 is 26.7 Å². The number of aryl methyl sites for hydroxylation is 1. The van der Waals surface area contributed by atoms with E-state index in [4.69, 9.17) is 0 Å². The second-order valence-electron chi connectivity index (χ2n) is 8.46. The molecule has 168 valence electrons. The van der Waals surface area contributed by atoms with Gasteiger partial charge >= 0.3 is 0 Å². The number of rotatable bonds is 8. The van der Waals surface area contributed by atoms with Crippen molar-refractivity contribution in [1.82, 2.24) is 9.62 Å². The van der Waals surface area contributed by atoms with Crippen LogP contribution in [-0.4, -0.2) is 37.5 Å². The normalized spacial score (nSPS) is 17.3. The number of amides is 1. The molecule has 0 unspecified atom stereocenters. The van der Waals surface area contributed by atoms with Crippen molar-refractivity contribution in [2.45, 2.75) is 32.2 Å². The number of sulfonamides is 1. The highest BCUT2D eigenvalue weighted by atomic mass is 32.2. The molecule has 0 spiro atoms. The Labute approximate surface area is 190 Å². The van der Waals surface area contributed by atoms with Gasteiger partial charge in [0.15, 0.2) is 0 Å². The van der Waals surface area contributed by atoms with Crippen LogP contribution in [0, 0.1) is 5.92 Å². The monoisotopic (exact) mass is 450 g/mol. The molecule has 1 fully saturated rings. The zero-order valence-corrected chi connectivity index (χ0v) is 19.1. The molecule has 1 atom stereocenters. The Kier molecular flexibility index (Phi) is 7.22. The van der Waals surface area contributed by atoms with Crippen molar-refractivity contribution in [3.05, 3.63) is 83.9 Å². The van der Waals surface area contributed by atoms with E-state index in [1.54, 1.807) is 0 Å². The molecule has 5 nitrogen and oxygen atoms in total. The molecule has 1 N–H and O–H groups in total. The van der Waals surface area contributed by atoms with Crippen LogP contribution in [0.4, 0.5) is 0 Å². The molecule has 0 aliphatic carbocycles. The minimum Gasteiger partial charge on any atom is -0.352 e. The molecule has 0 radical (unpaired) electrons. The van der Waals surface area contributed by atoms with Crippen LogP contribution in [0.1, 0.15) is 30.4 Å². The van der Waals surface area contributed by atoms with Gasteiger partial charge in [0.25, 0.3) is 0 Å². The lowest BCUT2D eigenvalue weighted by Gasteiger charge is -2.31. The Hall–Kier alpha value is -2.70. The molecule has 32 heavy (non-hydrogen) atoms. The van der Waals surface area contributed by atoms with Crippen LogP contribution < -0.4 is 5.32 Å². The number of nitrogens with zero attached hydrogens (tertiary/aromatic N) is 1. The van der Waals surface area contributed by atoms with Crippen molar-refractivity contribution < 1.29 is 13.2 Å². The van der Waals surface area contributed by atoms with Crippen molar-refractivity contribution in [2.75, 3.05) is 18.8 Å². The number of fused-ring (bicyclic) bond motifs is 1. The van der Waals surface area contributed by atoms with Gasteiger partial charge in [0.05, 0.1) is 11.7 Å². The largest absolute Gasteiger partial charge is 0.352 e. The highest BCUT2D eigenvalue weighted by molar-refractivity contribution is 7.89. The topological polar surface area (TPSA) is 66.5 Å². The van der Waals surface area contributed by atoms with E-state index in [0.29, 0.717) is 25.9 Å². The highest BCUT2D eigenvalue weighted by Crippen LogP contribution is 2.22. The lowest BCUT2D eigenvalue weighted by Crippen LogP contribution is -2.46. The summed E-state index contributed by atoms with van der Waals surface area (Å²) in [6, 6.07) is 24.1. The summed E-state index contributed by atoms with van der Waals surface area (Å²) in [5.74, 6) is -0.253. The van der Waals surface area contributed by atoms with Gasteiger partial charge in [-0.05, 0) is 47.6 Å². The third kappa shape index (κ3) is 5.56. The zero-order valence-electron chi connectivity index (χ0n) is 18.2. The third-order valence-corrected chi connectivity index (χ3v) is 8.11. The van der Waals surface area contributed by atoms with Crippen LogP contribution in [0.15, 0.2) is 72.8 Å². The van der Waals surface area contributed by atoms with Crippen LogP contribution in [0.3, 0.4) is 0 Å². The maximum atomic E-state index is 12.9. The predicted octanol–water partition coefficient (Wildman–Crippen LogP) is 4.13. The number of piperidine rings is 1. The minimum absolute atomic E-state index is 0.0675. The molecular formula is C26H30N2O3S. The highest BCUT2D eigenvalue weighted by Gasteiger charge is 2.32. The van der Waals surface area contributed by atoms with Crippen LogP contribution in [0.5, 0.6) is 0 Å². The van der Waals surface area contributed by atoms with E-state index in [2.05, 4.69) is 23.5 Å². The molecule has 1 heterocycles. The van der Waals surface area contributed by atoms with E-state index in [0.717, 1.165) is 34.7 Å². The van der Waals surface area contributed by atoms with Gasteiger partial charge in [-0.25, -0.2) is 12.7 Å². The van der Waals surface area contributed by atoms with E-state index in [1.807, 2.05) is 54.6 Å². The fraction of sp³-hybridized carbons (Fsp3) is 0.346. The number of carbonyl (C=O) groups is 1. The summed E-state index contributed by atoms with van der Waals surface area (Å²) in [5.41, 5.74) is 2.21. The zero-order chi connectivity index (χ0) is 22.4. The molecule has 1 aliphatic rings. The standard InChI is InChI=1S/C26H30N2O3S/c29-26(27-19-23-14-6-13-22-12-4-5-16-25(22)23)24-15-7-17-28(20-24)32(30,31)18-8-11-21-9-2-1-3-10-21/h1-6,9-10,12-14,16,24H,7-8,11,15,17-20H2,(H,27,29)/t24-/m1/s1. The van der Waals surface area contributed by atoms with Crippen LogP contribution in [-0.2, 0) is 27.8 Å². The Morgan fingerprint density at radius 1 is 0.969 bits per heavy atom. The fourth-order valence-electron chi connectivity index (χ4n) is 4.41. The second-order valence-corrected chi connectivity index (χ2v) is 10.5. The van der Waals surface area contributed by atoms with E-state index >= 15 is 0 Å². The summed E-state index contributed by atoms with van der Waals surface area (Å²) in [5, 5.41) is 5.31. The third-order valence-electron chi connectivity index (χ3n) is 6.19. The summed E-state index contributed by atoms with van der Waals surface area (Å²) in [6.45, 7) is 1.22. The van der Waals surface area contributed by atoms with E-state index in [9.17, 15) is 13.2 Å². The first-order chi connectivity index (χ1) is 15.5. The van der Waals surface area contributed by atoms with Crippen molar-refractivity contribution in [1.29, 1.82) is 0 Å². The smallest absolute Gasteiger partial charge is 0.224 e. The molecule has 3 aromatic rings. The average molecular weight is 451 g/mol. The molecule has 0 saturated carbocycles. The average Bonchev–Trinajstić information content (AvgIpc) is 2.83. The van der Waals surface area contributed by atoms with Gasteiger partial charge in [0.1, 0.15) is 0 Å². The molecule has 1 aliphatic heterocycles. The molecule has 0 aromatic heterocycles. The number of hydrogen-bond donors (Lipinski definition) is 1. The van der Waals surface area contributed by atoms with Crippen molar-refractivity contribution in [2.24, 2.45) is 5.92 Å². The molecule has 1 amide bonds. The molecule has 3 aromatic carbocycles. The lowest BCUT2D eigenvalue weighted by molar-refractivity contribution is -0.126. The number of nitrogens with one attached hydrogen (secondary N) is 1. The lowest BCUT2D eigenvalue weighted by atomic mass is 9.98. The van der Waals surface area contributed by atoms with E-state index in [-0.39, 0.29) is 24.1 Å². The summed E-state index contributed by atoms with van der Waals surface area (Å²) in [4.78, 5) is 12.8. The number of hydrogen-bond acceptors (Lipinski definition) is 3. The van der Waals surface area contributed by atoms with Crippen LogP contribution in [0.25, 0.3) is 10.8 Å². The molecule has 0 bridgehead atoms. The summed E-state index contributed by atoms with van der Waals surface area (Å²) in [6.07, 6.45) is 2.76. The molecule has 4 rings (SSSR count). The predicted molar refractivity (Wildman–Crippen MR) is 129 cm³/mol. The minimum atomic E-state index is -3.36. The van der Waals surface area contributed by atoms with Gasteiger partial charge in [-0.15, -0.1) is 0 Å². The number of carbonyl (C=O) groups excluding carboxylic acids is 1. The first-order valence-electron chi connectivity index (χ1n) is 11.3. The van der Waals surface area contributed by atoms with Crippen molar-refractivity contribution in [3.8, 4) is 0 Å². The number of benzene rings is 3. The molecule has 6 heteroatoms. The van der Waals surface area contributed by atoms with Crippen LogP contribution >= 0.6 is 0 Å². The maximum absolute atomic E-state index is 12.9. The van der Waals surface area contributed by atoms with E-state index < -0.39 is 10.0 Å². The van der Waals surface area contributed by atoms with Gasteiger partial charge in [-0.2, -0.15) is 0 Å². The first-order valence-corrected chi connectivity index (χ1v) is 12.9. The van der Waals surface area contributed by atoms with Gasteiger partial charge in [-0.1, -0.05) is 72.8 Å². The Bertz CT molecular complexity index is 1160. The Morgan fingerprint density at radius 2 is 1.72 bits per heavy atom. The second kappa shape index (κ2) is 10.3. The van der Waals surface area contributed by atoms with Crippen LogP contribution in [0.2, 0.25) is 0 Å². The van der Waals surface area contributed by atoms with Crippen molar-refractivity contribution in [3.63, 3.8) is 0 Å². The molecular weight excluding hydrogens is 420 g/mol. The quantitative estimate of drug-likeness (QED) is 0.561. The Balaban J connectivity index is 1.32. The summed E-state index contributed by atoms with van der Waals surface area (Å²) < 4.78 is 27.2. The maximum Gasteiger partial charge on any atom is 0.224 e. The van der Waals surface area contributed by atoms with Gasteiger partial charge < -0.3 is 5.32 Å². The SMILES string of the molecule is O=C(NCc1cccc2ccccc12)[C@@H]1CCCN(S(=O)(=O)CCCc2ccccc2)C1. The fourth-order valence-corrected chi connectivity index (χ4v) is 6.00. The van der Waals surface area contributed by atoms with Gasteiger partial charge in [0.2, 0.25) is 15.9 Å². The first kappa shape index (κ1) is 22.5. The summed E-state index contributed by atoms with van der Waals surface area (Å²) >= 11 is 0. The Morgan fingerprint density at radius 3 is 2.56 bits per heavy atom. The summed E-state index contributed by atoms with van der Waals surface area (Å²) in [7, 11) is -3.36.